The van der Waals surface area contributed by atoms with Crippen LogP contribution >= 0.6 is 39.9 Å². The van der Waals surface area contributed by atoms with Gasteiger partial charge in [-0.25, -0.2) is 0 Å². The summed E-state index contributed by atoms with van der Waals surface area (Å²) < 4.78 is 1.67. The molecule has 0 spiro atoms. The van der Waals surface area contributed by atoms with Crippen LogP contribution in [-0.4, -0.2) is 21.7 Å². The normalized spacial score (nSPS) is 17.6. The zero-order valence-electron chi connectivity index (χ0n) is 10.6. The maximum atomic E-state index is 12.2. The van der Waals surface area contributed by atoms with Crippen molar-refractivity contribution in [3.8, 4) is 0 Å². The van der Waals surface area contributed by atoms with Crippen LogP contribution in [0.5, 0.6) is 0 Å². The summed E-state index contributed by atoms with van der Waals surface area (Å²) in [6.45, 7) is 2.83. The van der Waals surface area contributed by atoms with E-state index in [-0.39, 0.29) is 5.91 Å². The van der Waals surface area contributed by atoms with Gasteiger partial charge < -0.3 is 0 Å². The fourth-order valence-electron chi connectivity index (χ4n) is 1.76. The minimum atomic E-state index is 0.0309. The van der Waals surface area contributed by atoms with Gasteiger partial charge >= 0.3 is 0 Å². The Bertz CT molecular complexity index is 542. The van der Waals surface area contributed by atoms with E-state index < -0.39 is 0 Å². The van der Waals surface area contributed by atoms with Gasteiger partial charge in [-0.1, -0.05) is 65.4 Å². The van der Waals surface area contributed by atoms with Gasteiger partial charge in [0, 0.05) is 11.0 Å². The van der Waals surface area contributed by atoms with Crippen LogP contribution in [0.2, 0.25) is 0 Å². The van der Waals surface area contributed by atoms with Gasteiger partial charge in [-0.05, 0) is 30.2 Å². The Morgan fingerprint density at radius 2 is 2.26 bits per heavy atom. The fraction of sp³-hybridized carbons (Fsp3) is 0.286. The van der Waals surface area contributed by atoms with Crippen molar-refractivity contribution in [3.05, 3.63) is 39.2 Å². The van der Waals surface area contributed by atoms with Crippen molar-refractivity contribution in [2.75, 3.05) is 6.54 Å². The molecule has 0 radical (unpaired) electrons. The lowest BCUT2D eigenvalue weighted by atomic mass is 10.2. The van der Waals surface area contributed by atoms with Crippen molar-refractivity contribution in [2.24, 2.45) is 0 Å². The highest BCUT2D eigenvalue weighted by molar-refractivity contribution is 9.10. The smallest absolute Gasteiger partial charge is 0.266 e. The van der Waals surface area contributed by atoms with Crippen molar-refractivity contribution in [3.63, 3.8) is 0 Å². The molecule has 0 N–H and O–H groups in total. The average Bonchev–Trinajstić information content (AvgIpc) is 2.62. The first-order valence-corrected chi connectivity index (χ1v) is 8.14. The number of thiocarbonyl (C=S) groups is 1. The molecular weight excluding hydrogens is 342 g/mol. The molecule has 0 saturated carbocycles. The third-order valence-electron chi connectivity index (χ3n) is 2.76. The number of hydrogen-bond donors (Lipinski definition) is 0. The van der Waals surface area contributed by atoms with Crippen molar-refractivity contribution in [1.82, 2.24) is 4.90 Å². The van der Waals surface area contributed by atoms with Crippen molar-refractivity contribution < 1.29 is 4.79 Å². The van der Waals surface area contributed by atoms with Crippen LogP contribution < -0.4 is 0 Å². The quantitative estimate of drug-likeness (QED) is 0.587. The first kappa shape index (κ1) is 14.8. The molecule has 1 aliphatic rings. The number of carbonyl (C=O) groups excluding carboxylic acids is 1. The van der Waals surface area contributed by atoms with Gasteiger partial charge in [0.15, 0.2) is 0 Å². The van der Waals surface area contributed by atoms with E-state index in [9.17, 15) is 4.79 Å². The number of unbranched alkanes of at least 4 members (excludes halogenated alkanes) is 1. The molecule has 1 fully saturated rings. The minimum absolute atomic E-state index is 0.0309. The van der Waals surface area contributed by atoms with E-state index in [4.69, 9.17) is 12.2 Å². The number of amides is 1. The fourth-order valence-corrected chi connectivity index (χ4v) is 3.48. The molecular formula is C14H14BrNOS2. The van der Waals surface area contributed by atoms with E-state index in [2.05, 4.69) is 22.9 Å². The van der Waals surface area contributed by atoms with Crippen LogP contribution in [0.15, 0.2) is 33.6 Å². The molecule has 1 amide bonds. The minimum Gasteiger partial charge on any atom is -0.293 e. The molecule has 1 saturated heterocycles. The summed E-state index contributed by atoms with van der Waals surface area (Å²) in [6.07, 6.45) is 3.94. The summed E-state index contributed by atoms with van der Waals surface area (Å²) in [5, 5.41) is 0. The molecule has 1 aromatic carbocycles. The second kappa shape index (κ2) is 6.68. The van der Waals surface area contributed by atoms with Gasteiger partial charge in [0.2, 0.25) is 0 Å². The summed E-state index contributed by atoms with van der Waals surface area (Å²) in [5.41, 5.74) is 1.00. The zero-order chi connectivity index (χ0) is 13.8. The molecule has 1 aliphatic heterocycles. The number of halogens is 1. The first-order chi connectivity index (χ1) is 9.11. The van der Waals surface area contributed by atoms with E-state index in [1.165, 1.54) is 11.8 Å². The van der Waals surface area contributed by atoms with Gasteiger partial charge in [0.05, 0.1) is 4.91 Å². The Hall–Kier alpha value is -0.650. The summed E-state index contributed by atoms with van der Waals surface area (Å²) in [6, 6.07) is 7.87. The van der Waals surface area contributed by atoms with E-state index in [0.29, 0.717) is 9.23 Å². The van der Waals surface area contributed by atoms with Gasteiger partial charge in [0.1, 0.15) is 4.32 Å². The van der Waals surface area contributed by atoms with Crippen molar-refractivity contribution in [1.29, 1.82) is 0 Å². The lowest BCUT2D eigenvalue weighted by molar-refractivity contribution is -0.122. The molecule has 2 rings (SSSR count). The van der Waals surface area contributed by atoms with Gasteiger partial charge in [-0.2, -0.15) is 0 Å². The van der Waals surface area contributed by atoms with Crippen LogP contribution in [0.1, 0.15) is 25.3 Å². The molecule has 2 nitrogen and oxygen atoms in total. The van der Waals surface area contributed by atoms with E-state index in [1.54, 1.807) is 4.90 Å². The summed E-state index contributed by atoms with van der Waals surface area (Å²) in [4.78, 5) is 14.7. The summed E-state index contributed by atoms with van der Waals surface area (Å²) in [7, 11) is 0. The highest BCUT2D eigenvalue weighted by Gasteiger charge is 2.31. The number of thioether (sulfide) groups is 1. The maximum Gasteiger partial charge on any atom is 0.266 e. The number of rotatable bonds is 4. The Morgan fingerprint density at radius 3 is 2.95 bits per heavy atom. The summed E-state index contributed by atoms with van der Waals surface area (Å²) >= 11 is 10.1. The van der Waals surface area contributed by atoms with E-state index >= 15 is 0 Å². The average molecular weight is 356 g/mol. The third kappa shape index (κ3) is 3.68. The molecule has 5 heteroatoms. The highest BCUT2D eigenvalue weighted by Crippen LogP contribution is 2.32. The summed E-state index contributed by atoms with van der Waals surface area (Å²) in [5.74, 6) is 0.0309. The maximum absolute atomic E-state index is 12.2. The molecule has 0 atom stereocenters. The predicted octanol–water partition coefficient (Wildman–Crippen LogP) is 4.45. The number of carbonyl (C=O) groups is 1. The predicted molar refractivity (Wildman–Crippen MR) is 88.9 cm³/mol. The molecule has 0 aromatic heterocycles. The monoisotopic (exact) mass is 355 g/mol. The molecule has 100 valence electrons. The molecule has 1 aromatic rings. The number of hydrogen-bond acceptors (Lipinski definition) is 3. The lowest BCUT2D eigenvalue weighted by Gasteiger charge is -2.12. The lowest BCUT2D eigenvalue weighted by Crippen LogP contribution is -2.28. The largest absolute Gasteiger partial charge is 0.293 e. The van der Waals surface area contributed by atoms with Gasteiger partial charge in [-0.15, -0.1) is 0 Å². The molecule has 0 unspecified atom stereocenters. The topological polar surface area (TPSA) is 20.3 Å². The van der Waals surface area contributed by atoms with Crippen molar-refractivity contribution in [2.45, 2.75) is 19.8 Å². The van der Waals surface area contributed by atoms with Crippen molar-refractivity contribution >= 4 is 56.2 Å². The second-order valence-electron chi connectivity index (χ2n) is 4.24. The SMILES string of the molecule is CCCCN1C(=O)C(=Cc2cccc(Br)c2)SC1=S. The number of nitrogens with zero attached hydrogens (tertiary/aromatic N) is 1. The van der Waals surface area contributed by atoms with Crippen LogP contribution in [0.25, 0.3) is 6.08 Å². The van der Waals surface area contributed by atoms with Crippen LogP contribution in [0, 0.1) is 0 Å². The Labute approximate surface area is 131 Å². The Balaban J connectivity index is 2.18. The molecule has 1 heterocycles. The molecule has 19 heavy (non-hydrogen) atoms. The molecule has 0 aliphatic carbocycles. The Kier molecular flexibility index (Phi) is 5.19. The van der Waals surface area contributed by atoms with E-state index in [0.717, 1.165) is 29.4 Å². The van der Waals surface area contributed by atoms with Gasteiger partial charge in [0.25, 0.3) is 5.91 Å². The second-order valence-corrected chi connectivity index (χ2v) is 6.83. The van der Waals surface area contributed by atoms with Crippen LogP contribution in [0.3, 0.4) is 0 Å². The third-order valence-corrected chi connectivity index (χ3v) is 4.63. The number of benzene rings is 1. The first-order valence-electron chi connectivity index (χ1n) is 6.12. The van der Waals surface area contributed by atoms with Crippen LogP contribution in [0.4, 0.5) is 0 Å². The molecule has 0 bridgehead atoms. The zero-order valence-corrected chi connectivity index (χ0v) is 13.8. The highest BCUT2D eigenvalue weighted by atomic mass is 79.9. The standard InChI is InChI=1S/C14H14BrNOS2/c1-2-3-7-16-13(17)12(19-14(16)18)9-10-5-4-6-11(15)8-10/h4-6,8-9H,2-3,7H2,1H3. The van der Waals surface area contributed by atoms with Crippen LogP contribution in [-0.2, 0) is 4.79 Å². The van der Waals surface area contributed by atoms with Gasteiger partial charge in [-0.3, -0.25) is 9.69 Å². The van der Waals surface area contributed by atoms with E-state index in [1.807, 2.05) is 30.3 Å². The Morgan fingerprint density at radius 1 is 1.47 bits per heavy atom.